The Morgan fingerprint density at radius 1 is 1.56 bits per heavy atom. The smallest absolute Gasteiger partial charge is 0.322 e. The second kappa shape index (κ2) is 4.69. The van der Waals surface area contributed by atoms with Gasteiger partial charge in [0.15, 0.2) is 0 Å². The van der Waals surface area contributed by atoms with Crippen LogP contribution >= 0.6 is 0 Å². The zero-order valence-electron chi connectivity index (χ0n) is 9.69. The molecule has 1 saturated heterocycles. The number of hydrogen-bond donors (Lipinski definition) is 3. The lowest BCUT2D eigenvalue weighted by atomic mass is 10.0. The molecule has 0 radical (unpaired) electrons. The number of likely N-dealkylation sites (tertiary alicyclic amines) is 1. The number of rotatable bonds is 3. The van der Waals surface area contributed by atoms with Crippen LogP contribution in [0.5, 0.6) is 0 Å². The summed E-state index contributed by atoms with van der Waals surface area (Å²) in [7, 11) is 0. The van der Waals surface area contributed by atoms with Crippen molar-refractivity contribution in [2.45, 2.75) is 38.3 Å². The number of nitrogens with two attached hydrogens (primary N) is 1. The zero-order chi connectivity index (χ0) is 12.3. The third kappa shape index (κ3) is 2.85. The lowest BCUT2D eigenvalue weighted by molar-refractivity contribution is -0.138. The molecule has 0 aromatic heterocycles. The fourth-order valence-electron chi connectivity index (χ4n) is 1.86. The van der Waals surface area contributed by atoms with Gasteiger partial charge in [0.1, 0.15) is 6.04 Å². The molecule has 1 aliphatic rings. The number of carboxylic acids is 1. The van der Waals surface area contributed by atoms with E-state index in [1.54, 1.807) is 4.90 Å². The summed E-state index contributed by atoms with van der Waals surface area (Å²) in [5.41, 5.74) is 5.14. The molecule has 1 rings (SSSR count). The van der Waals surface area contributed by atoms with Gasteiger partial charge in [0.25, 0.3) is 0 Å². The average Bonchev–Trinajstić information content (AvgIpc) is 2.53. The molecule has 1 atom stereocenters. The maximum absolute atomic E-state index is 11.8. The topological polar surface area (TPSA) is 95.7 Å². The molecular formula is C10H19N3O3. The van der Waals surface area contributed by atoms with Gasteiger partial charge in [0.05, 0.1) is 0 Å². The number of carbonyl (C=O) groups is 2. The number of amides is 2. The van der Waals surface area contributed by atoms with Gasteiger partial charge in [-0.25, -0.2) is 4.79 Å². The van der Waals surface area contributed by atoms with Gasteiger partial charge in [-0.05, 0) is 26.7 Å². The number of hydrogen-bond acceptors (Lipinski definition) is 3. The van der Waals surface area contributed by atoms with Gasteiger partial charge in [-0.3, -0.25) is 4.79 Å². The first kappa shape index (κ1) is 12.8. The van der Waals surface area contributed by atoms with E-state index in [0.29, 0.717) is 6.54 Å². The van der Waals surface area contributed by atoms with Crippen LogP contribution in [-0.4, -0.2) is 46.7 Å². The lowest BCUT2D eigenvalue weighted by Crippen LogP contribution is -2.51. The normalized spacial score (nSPS) is 20.6. The molecule has 1 aliphatic heterocycles. The summed E-state index contributed by atoms with van der Waals surface area (Å²) < 4.78 is 0. The molecule has 0 aromatic rings. The van der Waals surface area contributed by atoms with Crippen molar-refractivity contribution in [3.63, 3.8) is 0 Å². The first-order valence-electron chi connectivity index (χ1n) is 5.38. The van der Waals surface area contributed by atoms with E-state index >= 15 is 0 Å². The van der Waals surface area contributed by atoms with Crippen LogP contribution in [-0.2, 0) is 4.79 Å². The van der Waals surface area contributed by atoms with E-state index < -0.39 is 12.0 Å². The predicted octanol–water partition coefficient (Wildman–Crippen LogP) is -0.0177. The minimum atomic E-state index is -1.11. The van der Waals surface area contributed by atoms with Crippen LogP contribution in [0.3, 0.4) is 0 Å². The molecule has 1 unspecified atom stereocenters. The molecule has 0 aliphatic carbocycles. The molecule has 0 spiro atoms. The standard InChI is InChI=1S/C10H19N3O3/c1-10(2)4-3-5-13(10)9(16)12-6-7(11)8(14)15/h7H,3-6,11H2,1-2H3,(H,12,16)(H,14,15). The number of aliphatic carboxylic acids is 1. The van der Waals surface area contributed by atoms with Crippen molar-refractivity contribution in [3.05, 3.63) is 0 Å². The second-order valence-corrected chi connectivity index (χ2v) is 4.70. The van der Waals surface area contributed by atoms with Gasteiger partial charge in [-0.2, -0.15) is 0 Å². The Kier molecular flexibility index (Phi) is 3.74. The lowest BCUT2D eigenvalue weighted by Gasteiger charge is -2.31. The molecule has 0 bridgehead atoms. The number of carboxylic acid groups (broad SMARTS) is 1. The van der Waals surface area contributed by atoms with Crippen molar-refractivity contribution in [1.82, 2.24) is 10.2 Å². The van der Waals surface area contributed by atoms with Gasteiger partial charge < -0.3 is 21.1 Å². The van der Waals surface area contributed by atoms with E-state index in [1.807, 2.05) is 13.8 Å². The van der Waals surface area contributed by atoms with E-state index in [2.05, 4.69) is 5.32 Å². The maximum Gasteiger partial charge on any atom is 0.322 e. The minimum absolute atomic E-state index is 0.0409. The molecule has 16 heavy (non-hydrogen) atoms. The van der Waals surface area contributed by atoms with E-state index in [0.717, 1.165) is 12.8 Å². The van der Waals surface area contributed by atoms with Gasteiger partial charge in [-0.15, -0.1) is 0 Å². The number of nitrogens with one attached hydrogen (secondary N) is 1. The number of nitrogens with zero attached hydrogens (tertiary/aromatic N) is 1. The fraction of sp³-hybridized carbons (Fsp3) is 0.800. The Labute approximate surface area is 94.8 Å². The highest BCUT2D eigenvalue weighted by atomic mass is 16.4. The van der Waals surface area contributed by atoms with Crippen LogP contribution in [0.2, 0.25) is 0 Å². The summed E-state index contributed by atoms with van der Waals surface area (Å²) >= 11 is 0. The van der Waals surface area contributed by atoms with Gasteiger partial charge in [0.2, 0.25) is 0 Å². The molecule has 1 fully saturated rings. The Morgan fingerprint density at radius 2 is 2.19 bits per heavy atom. The van der Waals surface area contributed by atoms with Crippen molar-refractivity contribution in [1.29, 1.82) is 0 Å². The number of urea groups is 1. The third-order valence-electron chi connectivity index (χ3n) is 2.94. The zero-order valence-corrected chi connectivity index (χ0v) is 9.69. The molecule has 0 aromatic carbocycles. The molecule has 0 saturated carbocycles. The van der Waals surface area contributed by atoms with Crippen LogP contribution in [0.15, 0.2) is 0 Å². The number of carbonyl (C=O) groups excluding carboxylic acids is 1. The molecule has 4 N–H and O–H groups in total. The minimum Gasteiger partial charge on any atom is -0.480 e. The predicted molar refractivity (Wildman–Crippen MR) is 59.0 cm³/mol. The fourth-order valence-corrected chi connectivity index (χ4v) is 1.86. The largest absolute Gasteiger partial charge is 0.480 e. The average molecular weight is 229 g/mol. The highest BCUT2D eigenvalue weighted by molar-refractivity contribution is 5.78. The molecule has 6 nitrogen and oxygen atoms in total. The van der Waals surface area contributed by atoms with Crippen molar-refractivity contribution in [2.75, 3.05) is 13.1 Å². The van der Waals surface area contributed by atoms with Crippen LogP contribution in [0, 0.1) is 0 Å². The van der Waals surface area contributed by atoms with Crippen molar-refractivity contribution in [3.8, 4) is 0 Å². The van der Waals surface area contributed by atoms with Crippen LogP contribution < -0.4 is 11.1 Å². The summed E-state index contributed by atoms with van der Waals surface area (Å²) in [5.74, 6) is -1.11. The quantitative estimate of drug-likeness (QED) is 0.634. The van der Waals surface area contributed by atoms with E-state index in [9.17, 15) is 9.59 Å². The summed E-state index contributed by atoms with van der Waals surface area (Å²) in [6, 6.07) is -1.28. The summed E-state index contributed by atoms with van der Waals surface area (Å²) in [6.45, 7) is 4.66. The molecule has 2 amide bonds. The van der Waals surface area contributed by atoms with Crippen molar-refractivity contribution >= 4 is 12.0 Å². The Hall–Kier alpha value is -1.30. The van der Waals surface area contributed by atoms with E-state index in [4.69, 9.17) is 10.8 Å². The van der Waals surface area contributed by atoms with E-state index in [-0.39, 0.29) is 18.1 Å². The maximum atomic E-state index is 11.8. The van der Waals surface area contributed by atoms with Crippen molar-refractivity contribution < 1.29 is 14.7 Å². The van der Waals surface area contributed by atoms with Crippen molar-refractivity contribution in [2.24, 2.45) is 5.73 Å². The van der Waals surface area contributed by atoms with E-state index in [1.165, 1.54) is 0 Å². The summed E-state index contributed by atoms with van der Waals surface area (Å²) in [6.07, 6.45) is 1.94. The SMILES string of the molecule is CC1(C)CCCN1C(=O)NCC(N)C(=O)O. The summed E-state index contributed by atoms with van der Waals surface area (Å²) in [4.78, 5) is 23.9. The molecule has 6 heteroatoms. The molecular weight excluding hydrogens is 210 g/mol. The van der Waals surface area contributed by atoms with Crippen LogP contribution in [0.1, 0.15) is 26.7 Å². The monoisotopic (exact) mass is 229 g/mol. The Bertz CT molecular complexity index is 291. The first-order chi connectivity index (χ1) is 7.34. The highest BCUT2D eigenvalue weighted by Gasteiger charge is 2.35. The van der Waals surface area contributed by atoms with Crippen LogP contribution in [0.4, 0.5) is 4.79 Å². The van der Waals surface area contributed by atoms with Gasteiger partial charge in [0, 0.05) is 18.6 Å². The molecule has 92 valence electrons. The first-order valence-corrected chi connectivity index (χ1v) is 5.38. The Morgan fingerprint density at radius 3 is 2.62 bits per heavy atom. The Balaban J connectivity index is 2.44. The highest BCUT2D eigenvalue weighted by Crippen LogP contribution is 2.27. The third-order valence-corrected chi connectivity index (χ3v) is 2.94. The summed E-state index contributed by atoms with van der Waals surface area (Å²) in [5, 5.41) is 11.1. The van der Waals surface area contributed by atoms with Gasteiger partial charge in [-0.1, -0.05) is 0 Å². The van der Waals surface area contributed by atoms with Gasteiger partial charge >= 0.3 is 12.0 Å². The second-order valence-electron chi connectivity index (χ2n) is 4.70. The van der Waals surface area contributed by atoms with Crippen LogP contribution in [0.25, 0.3) is 0 Å². The molecule has 1 heterocycles.